The molecule has 0 aromatic heterocycles. The van der Waals surface area contributed by atoms with Gasteiger partial charge in [-0.25, -0.2) is 0 Å². The van der Waals surface area contributed by atoms with Crippen LogP contribution in [0.1, 0.15) is 45.4 Å². The Balaban J connectivity index is 1.92. The molecule has 0 aromatic rings. The number of ether oxygens (including phenoxy) is 1. The van der Waals surface area contributed by atoms with Crippen LogP contribution in [-0.4, -0.2) is 30.9 Å². The van der Waals surface area contributed by atoms with Gasteiger partial charge in [-0.05, 0) is 31.5 Å². The summed E-state index contributed by atoms with van der Waals surface area (Å²) in [6.07, 6.45) is 8.09. The lowest BCUT2D eigenvalue weighted by Crippen LogP contribution is -2.37. The zero-order chi connectivity index (χ0) is 11.6. The highest BCUT2D eigenvalue weighted by Gasteiger charge is 2.12. The molecule has 3 nitrogen and oxygen atoms in total. The van der Waals surface area contributed by atoms with Gasteiger partial charge in [0.15, 0.2) is 5.11 Å². The van der Waals surface area contributed by atoms with Crippen LogP contribution in [0.25, 0.3) is 0 Å². The zero-order valence-corrected chi connectivity index (χ0v) is 11.1. The van der Waals surface area contributed by atoms with Gasteiger partial charge < -0.3 is 15.4 Å². The molecule has 0 aromatic carbocycles. The summed E-state index contributed by atoms with van der Waals surface area (Å²) < 4.78 is 5.79. The van der Waals surface area contributed by atoms with Crippen LogP contribution in [-0.2, 0) is 4.74 Å². The normalized spacial score (nSPS) is 17.1. The molecule has 0 heterocycles. The van der Waals surface area contributed by atoms with E-state index in [-0.39, 0.29) is 0 Å². The van der Waals surface area contributed by atoms with Crippen LogP contribution < -0.4 is 10.6 Å². The monoisotopic (exact) mass is 244 g/mol. The molecule has 0 bridgehead atoms. The van der Waals surface area contributed by atoms with Gasteiger partial charge in [0.25, 0.3) is 0 Å². The molecule has 1 saturated carbocycles. The minimum absolute atomic E-state index is 0.493. The number of nitrogens with one attached hydrogen (secondary N) is 2. The van der Waals surface area contributed by atoms with E-state index >= 15 is 0 Å². The van der Waals surface area contributed by atoms with Crippen LogP contribution in [0.5, 0.6) is 0 Å². The molecular weight excluding hydrogens is 220 g/mol. The zero-order valence-electron chi connectivity index (χ0n) is 10.3. The maximum Gasteiger partial charge on any atom is 0.166 e. The van der Waals surface area contributed by atoms with Crippen molar-refractivity contribution in [3.63, 3.8) is 0 Å². The summed E-state index contributed by atoms with van der Waals surface area (Å²) in [5.74, 6) is 0. The molecule has 2 N–H and O–H groups in total. The maximum absolute atomic E-state index is 5.79. The van der Waals surface area contributed by atoms with E-state index in [9.17, 15) is 0 Å². The fourth-order valence-corrected chi connectivity index (χ4v) is 2.13. The third-order valence-corrected chi connectivity index (χ3v) is 3.12. The van der Waals surface area contributed by atoms with E-state index in [0.29, 0.717) is 6.10 Å². The van der Waals surface area contributed by atoms with E-state index in [1.165, 1.54) is 32.1 Å². The Labute approximate surface area is 104 Å². The van der Waals surface area contributed by atoms with Crippen LogP contribution in [0.2, 0.25) is 0 Å². The molecule has 16 heavy (non-hydrogen) atoms. The van der Waals surface area contributed by atoms with E-state index in [1.54, 1.807) is 0 Å². The Kier molecular flexibility index (Phi) is 7.51. The number of rotatable bonds is 6. The van der Waals surface area contributed by atoms with Crippen molar-refractivity contribution in [2.24, 2.45) is 0 Å². The molecule has 1 aliphatic carbocycles. The molecule has 0 unspecified atom stereocenters. The topological polar surface area (TPSA) is 33.3 Å². The average Bonchev–Trinajstić information content (AvgIpc) is 2.33. The highest BCUT2D eigenvalue weighted by Crippen LogP contribution is 2.19. The summed E-state index contributed by atoms with van der Waals surface area (Å²) in [4.78, 5) is 0. The van der Waals surface area contributed by atoms with Gasteiger partial charge in [-0.15, -0.1) is 0 Å². The molecule has 1 fully saturated rings. The van der Waals surface area contributed by atoms with Crippen molar-refractivity contribution in [2.45, 2.75) is 51.6 Å². The summed E-state index contributed by atoms with van der Waals surface area (Å²) in [6.45, 7) is 4.64. The molecule has 1 rings (SSSR count). The van der Waals surface area contributed by atoms with Crippen LogP contribution in [0, 0.1) is 0 Å². The second kappa shape index (κ2) is 8.76. The Morgan fingerprint density at radius 2 is 1.88 bits per heavy atom. The first kappa shape index (κ1) is 13.7. The average molecular weight is 244 g/mol. The summed E-state index contributed by atoms with van der Waals surface area (Å²) in [5.41, 5.74) is 0. The van der Waals surface area contributed by atoms with Crippen molar-refractivity contribution < 1.29 is 4.74 Å². The number of hydrogen-bond acceptors (Lipinski definition) is 2. The van der Waals surface area contributed by atoms with Crippen molar-refractivity contribution >= 4 is 17.3 Å². The lowest BCUT2D eigenvalue weighted by molar-refractivity contribution is 0.0318. The van der Waals surface area contributed by atoms with Crippen molar-refractivity contribution in [1.82, 2.24) is 10.6 Å². The molecule has 0 spiro atoms. The SMILES string of the molecule is CCCNC(=S)NCCOC1CCCCC1. The van der Waals surface area contributed by atoms with Gasteiger partial charge in [-0.1, -0.05) is 26.2 Å². The fourth-order valence-electron chi connectivity index (χ4n) is 1.92. The molecule has 0 aliphatic heterocycles. The third-order valence-electron chi connectivity index (χ3n) is 2.83. The summed E-state index contributed by atoms with van der Waals surface area (Å²) in [5, 5.41) is 7.03. The van der Waals surface area contributed by atoms with E-state index in [2.05, 4.69) is 17.6 Å². The minimum atomic E-state index is 0.493. The molecule has 0 amide bonds. The summed E-state index contributed by atoms with van der Waals surface area (Å²) in [7, 11) is 0. The standard InChI is InChI=1S/C12H24N2OS/c1-2-8-13-12(16)14-9-10-15-11-6-4-3-5-7-11/h11H,2-10H2,1H3,(H2,13,14,16). The molecule has 0 radical (unpaired) electrons. The molecule has 94 valence electrons. The summed E-state index contributed by atoms with van der Waals surface area (Å²) in [6, 6.07) is 0. The van der Waals surface area contributed by atoms with E-state index in [0.717, 1.165) is 31.2 Å². The predicted octanol–water partition coefficient (Wildman–Crippen LogP) is 2.21. The van der Waals surface area contributed by atoms with E-state index in [1.807, 2.05) is 0 Å². The van der Waals surface area contributed by atoms with Crippen LogP contribution in [0.4, 0.5) is 0 Å². The van der Waals surface area contributed by atoms with Gasteiger partial charge >= 0.3 is 0 Å². The van der Waals surface area contributed by atoms with Gasteiger partial charge in [0.05, 0.1) is 12.7 Å². The van der Waals surface area contributed by atoms with Gasteiger partial charge in [0.1, 0.15) is 0 Å². The van der Waals surface area contributed by atoms with E-state index in [4.69, 9.17) is 17.0 Å². The first-order chi connectivity index (χ1) is 7.83. The van der Waals surface area contributed by atoms with Crippen molar-refractivity contribution in [3.05, 3.63) is 0 Å². The second-order valence-electron chi connectivity index (χ2n) is 4.31. The number of hydrogen-bond donors (Lipinski definition) is 2. The summed E-state index contributed by atoms with van der Waals surface area (Å²) >= 11 is 5.11. The molecule has 4 heteroatoms. The second-order valence-corrected chi connectivity index (χ2v) is 4.72. The maximum atomic E-state index is 5.79. The minimum Gasteiger partial charge on any atom is -0.376 e. The van der Waals surface area contributed by atoms with Gasteiger partial charge in [-0.2, -0.15) is 0 Å². The quantitative estimate of drug-likeness (QED) is 0.554. The molecular formula is C12H24N2OS. The first-order valence-electron chi connectivity index (χ1n) is 6.46. The van der Waals surface area contributed by atoms with Crippen LogP contribution in [0.3, 0.4) is 0 Å². The molecule has 0 atom stereocenters. The predicted molar refractivity (Wildman–Crippen MR) is 71.7 cm³/mol. The van der Waals surface area contributed by atoms with Gasteiger partial charge in [0.2, 0.25) is 0 Å². The van der Waals surface area contributed by atoms with Crippen molar-refractivity contribution in [3.8, 4) is 0 Å². The Bertz CT molecular complexity index is 193. The largest absolute Gasteiger partial charge is 0.376 e. The lowest BCUT2D eigenvalue weighted by atomic mass is 9.98. The highest BCUT2D eigenvalue weighted by atomic mass is 32.1. The van der Waals surface area contributed by atoms with E-state index < -0.39 is 0 Å². The smallest absolute Gasteiger partial charge is 0.166 e. The van der Waals surface area contributed by atoms with Gasteiger partial charge in [0, 0.05) is 13.1 Å². The van der Waals surface area contributed by atoms with Crippen molar-refractivity contribution in [1.29, 1.82) is 0 Å². The first-order valence-corrected chi connectivity index (χ1v) is 6.87. The number of thiocarbonyl (C=S) groups is 1. The highest BCUT2D eigenvalue weighted by molar-refractivity contribution is 7.80. The molecule has 1 aliphatic rings. The lowest BCUT2D eigenvalue weighted by Gasteiger charge is -2.22. The fraction of sp³-hybridized carbons (Fsp3) is 0.917. The molecule has 0 saturated heterocycles. The van der Waals surface area contributed by atoms with Crippen LogP contribution >= 0.6 is 12.2 Å². The third kappa shape index (κ3) is 6.28. The Morgan fingerprint density at radius 3 is 2.56 bits per heavy atom. The Morgan fingerprint density at radius 1 is 1.19 bits per heavy atom. The van der Waals surface area contributed by atoms with Crippen LogP contribution in [0.15, 0.2) is 0 Å². The van der Waals surface area contributed by atoms with Gasteiger partial charge in [-0.3, -0.25) is 0 Å². The Hall–Kier alpha value is -0.350. The van der Waals surface area contributed by atoms with Crippen molar-refractivity contribution in [2.75, 3.05) is 19.7 Å².